The third-order valence-corrected chi connectivity index (χ3v) is 3.63. The summed E-state index contributed by atoms with van der Waals surface area (Å²) in [6, 6.07) is 7.41. The van der Waals surface area contributed by atoms with Crippen LogP contribution in [0.1, 0.15) is 18.4 Å². The van der Waals surface area contributed by atoms with Crippen LogP contribution in [0.5, 0.6) is 5.75 Å². The number of carbonyl (C=O) groups excluding carboxylic acids is 1. The number of amides is 1. The lowest BCUT2D eigenvalue weighted by molar-refractivity contribution is -0.122. The normalized spacial score (nSPS) is 14.6. The van der Waals surface area contributed by atoms with Crippen molar-refractivity contribution in [3.05, 3.63) is 35.0 Å². The molecule has 5 nitrogen and oxygen atoms in total. The Labute approximate surface area is 127 Å². The van der Waals surface area contributed by atoms with E-state index in [2.05, 4.69) is 15.5 Å². The molecule has 0 aliphatic heterocycles. The van der Waals surface area contributed by atoms with Crippen molar-refractivity contribution in [2.75, 3.05) is 7.11 Å². The lowest BCUT2D eigenvalue weighted by Crippen LogP contribution is -2.19. The summed E-state index contributed by atoms with van der Waals surface area (Å²) in [5.41, 5.74) is 3.93. The summed E-state index contributed by atoms with van der Waals surface area (Å²) in [6.07, 6.45) is 3.40. The van der Waals surface area contributed by atoms with Gasteiger partial charge in [0.15, 0.2) is 0 Å². The third kappa shape index (κ3) is 3.13. The van der Waals surface area contributed by atoms with Gasteiger partial charge in [-0.25, -0.2) is 10.4 Å². The number of nitrogens with zero attached hydrogens (tertiary/aromatic N) is 2. The highest BCUT2D eigenvalue weighted by Crippen LogP contribution is 2.28. The molecule has 2 aromatic rings. The molecule has 0 spiro atoms. The van der Waals surface area contributed by atoms with Gasteiger partial charge < -0.3 is 4.74 Å². The van der Waals surface area contributed by atoms with Crippen molar-refractivity contribution in [3.8, 4) is 5.75 Å². The fraction of sp³-hybridized carbons (Fsp3) is 0.267. The Morgan fingerprint density at radius 2 is 2.29 bits per heavy atom. The fourth-order valence-corrected chi connectivity index (χ4v) is 2.16. The maximum atomic E-state index is 11.5. The first-order valence-corrected chi connectivity index (χ1v) is 7.02. The predicted octanol–water partition coefficient (Wildman–Crippen LogP) is 2.76. The van der Waals surface area contributed by atoms with Crippen LogP contribution < -0.4 is 10.2 Å². The average Bonchev–Trinajstić information content (AvgIpc) is 3.32. The van der Waals surface area contributed by atoms with Crippen LogP contribution in [0.25, 0.3) is 10.9 Å². The SMILES string of the molecule is COc1ccc2nc(Cl)c(/C=N\NC(=O)C3CC3)cc2c1. The van der Waals surface area contributed by atoms with Gasteiger partial charge in [-0.2, -0.15) is 5.10 Å². The molecular formula is C15H14ClN3O2. The number of aromatic nitrogens is 1. The molecule has 0 unspecified atom stereocenters. The zero-order chi connectivity index (χ0) is 14.8. The molecule has 1 aromatic heterocycles. The number of halogens is 1. The minimum atomic E-state index is -0.0437. The van der Waals surface area contributed by atoms with Crippen LogP contribution in [-0.4, -0.2) is 24.2 Å². The zero-order valence-electron chi connectivity index (χ0n) is 11.5. The molecule has 1 fully saturated rings. The molecular weight excluding hydrogens is 290 g/mol. The van der Waals surface area contributed by atoms with E-state index in [1.54, 1.807) is 7.11 Å². The fourth-order valence-electron chi connectivity index (χ4n) is 1.97. The molecule has 1 saturated carbocycles. The molecule has 21 heavy (non-hydrogen) atoms. The highest BCUT2D eigenvalue weighted by molar-refractivity contribution is 6.32. The average molecular weight is 304 g/mol. The number of methoxy groups -OCH3 is 1. The Morgan fingerprint density at radius 1 is 1.48 bits per heavy atom. The molecule has 1 aliphatic rings. The van der Waals surface area contributed by atoms with Crippen LogP contribution in [0.2, 0.25) is 5.15 Å². The number of carbonyl (C=O) groups is 1. The summed E-state index contributed by atoms with van der Waals surface area (Å²) in [7, 11) is 1.61. The topological polar surface area (TPSA) is 63.6 Å². The van der Waals surface area contributed by atoms with Gasteiger partial charge in [0.25, 0.3) is 0 Å². The van der Waals surface area contributed by atoms with E-state index in [0.717, 1.165) is 29.5 Å². The molecule has 0 radical (unpaired) electrons. The minimum absolute atomic E-state index is 0.0437. The molecule has 0 saturated heterocycles. The number of ether oxygens (including phenoxy) is 1. The first kappa shape index (κ1) is 13.8. The maximum Gasteiger partial charge on any atom is 0.243 e. The van der Waals surface area contributed by atoms with E-state index in [1.165, 1.54) is 6.21 Å². The Bertz CT molecular complexity index is 726. The maximum absolute atomic E-state index is 11.5. The summed E-state index contributed by atoms with van der Waals surface area (Å²) in [4.78, 5) is 15.8. The summed E-state index contributed by atoms with van der Waals surface area (Å²) in [6.45, 7) is 0. The van der Waals surface area contributed by atoms with Crippen molar-refractivity contribution in [2.24, 2.45) is 11.0 Å². The molecule has 1 aliphatic carbocycles. The molecule has 108 valence electrons. The lowest BCUT2D eigenvalue weighted by Gasteiger charge is -2.04. The zero-order valence-corrected chi connectivity index (χ0v) is 12.2. The smallest absolute Gasteiger partial charge is 0.243 e. The first-order valence-electron chi connectivity index (χ1n) is 6.64. The Kier molecular flexibility index (Phi) is 3.75. The molecule has 1 amide bonds. The standard InChI is InChI=1S/C15H14ClN3O2/c1-21-12-4-5-13-10(7-12)6-11(14(16)18-13)8-17-19-15(20)9-2-3-9/h4-9H,2-3H2,1H3,(H,19,20)/b17-8-. The van der Waals surface area contributed by atoms with Crippen molar-refractivity contribution in [2.45, 2.75) is 12.8 Å². The Morgan fingerprint density at radius 3 is 3.00 bits per heavy atom. The highest BCUT2D eigenvalue weighted by Gasteiger charge is 2.29. The molecule has 1 N–H and O–H groups in total. The van der Waals surface area contributed by atoms with E-state index >= 15 is 0 Å². The van der Waals surface area contributed by atoms with Gasteiger partial charge in [-0.15, -0.1) is 0 Å². The van der Waals surface area contributed by atoms with Crippen LogP contribution in [0, 0.1) is 5.92 Å². The van der Waals surface area contributed by atoms with Crippen LogP contribution >= 0.6 is 11.6 Å². The second kappa shape index (κ2) is 5.69. The molecule has 1 aromatic carbocycles. The monoisotopic (exact) mass is 303 g/mol. The van der Waals surface area contributed by atoms with Crippen molar-refractivity contribution in [1.82, 2.24) is 10.4 Å². The molecule has 0 bridgehead atoms. The largest absolute Gasteiger partial charge is 0.497 e. The van der Waals surface area contributed by atoms with Gasteiger partial charge in [-0.3, -0.25) is 4.79 Å². The van der Waals surface area contributed by atoms with Crippen molar-refractivity contribution in [3.63, 3.8) is 0 Å². The minimum Gasteiger partial charge on any atom is -0.497 e. The van der Waals surface area contributed by atoms with Gasteiger partial charge in [0, 0.05) is 16.9 Å². The van der Waals surface area contributed by atoms with E-state index < -0.39 is 0 Å². The van der Waals surface area contributed by atoms with Gasteiger partial charge in [0.1, 0.15) is 10.9 Å². The summed E-state index contributed by atoms with van der Waals surface area (Å²) in [5, 5.41) is 5.17. The summed E-state index contributed by atoms with van der Waals surface area (Å²) < 4.78 is 5.19. The molecule has 3 rings (SSSR count). The predicted molar refractivity (Wildman–Crippen MR) is 81.8 cm³/mol. The molecule has 1 heterocycles. The molecule has 6 heteroatoms. The van der Waals surface area contributed by atoms with E-state index in [1.807, 2.05) is 24.3 Å². The number of benzene rings is 1. The quantitative estimate of drug-likeness (QED) is 0.536. The van der Waals surface area contributed by atoms with Gasteiger partial charge in [0.05, 0.1) is 18.8 Å². The lowest BCUT2D eigenvalue weighted by atomic mass is 10.1. The number of pyridine rings is 1. The van der Waals surface area contributed by atoms with Crippen molar-refractivity contribution in [1.29, 1.82) is 0 Å². The molecule has 0 atom stereocenters. The summed E-state index contributed by atoms with van der Waals surface area (Å²) >= 11 is 6.12. The van der Waals surface area contributed by atoms with Crippen LogP contribution in [0.4, 0.5) is 0 Å². The van der Waals surface area contributed by atoms with Gasteiger partial charge >= 0.3 is 0 Å². The number of nitrogens with one attached hydrogen (secondary N) is 1. The Hall–Kier alpha value is -2.14. The second-order valence-corrected chi connectivity index (χ2v) is 5.29. The highest BCUT2D eigenvalue weighted by atomic mass is 35.5. The van der Waals surface area contributed by atoms with Crippen LogP contribution in [0.15, 0.2) is 29.4 Å². The van der Waals surface area contributed by atoms with Crippen molar-refractivity contribution >= 4 is 34.6 Å². The Balaban J connectivity index is 1.84. The van der Waals surface area contributed by atoms with E-state index in [9.17, 15) is 4.79 Å². The number of hydrogen-bond acceptors (Lipinski definition) is 4. The van der Waals surface area contributed by atoms with E-state index in [4.69, 9.17) is 16.3 Å². The number of fused-ring (bicyclic) bond motifs is 1. The van der Waals surface area contributed by atoms with Crippen LogP contribution in [0.3, 0.4) is 0 Å². The van der Waals surface area contributed by atoms with Gasteiger partial charge in [-0.1, -0.05) is 11.6 Å². The third-order valence-electron chi connectivity index (χ3n) is 3.33. The first-order chi connectivity index (χ1) is 10.2. The van der Waals surface area contributed by atoms with Crippen LogP contribution in [-0.2, 0) is 4.79 Å². The van der Waals surface area contributed by atoms with Gasteiger partial charge in [0.2, 0.25) is 5.91 Å². The van der Waals surface area contributed by atoms with E-state index in [0.29, 0.717) is 10.7 Å². The van der Waals surface area contributed by atoms with E-state index in [-0.39, 0.29) is 11.8 Å². The van der Waals surface area contributed by atoms with Crippen molar-refractivity contribution < 1.29 is 9.53 Å². The second-order valence-electron chi connectivity index (χ2n) is 4.94. The van der Waals surface area contributed by atoms with Gasteiger partial charge in [-0.05, 0) is 37.1 Å². The number of rotatable bonds is 4. The number of hydrogen-bond donors (Lipinski definition) is 1. The summed E-state index contributed by atoms with van der Waals surface area (Å²) in [5.74, 6) is 0.825. The number of hydrazone groups is 1.